The first-order valence-corrected chi connectivity index (χ1v) is 8.23. The number of benzene rings is 2. The van der Waals surface area contributed by atoms with Gasteiger partial charge in [0, 0.05) is 17.7 Å². The summed E-state index contributed by atoms with van der Waals surface area (Å²) in [5.74, 6) is -1.09. The fourth-order valence-corrected chi connectivity index (χ4v) is 2.46. The molecular weight excluding hydrogens is 407 g/mol. The van der Waals surface area contributed by atoms with Gasteiger partial charge in [0.25, 0.3) is 11.6 Å². The molecule has 1 heterocycles. The number of halogens is 3. The zero-order valence-electron chi connectivity index (χ0n) is 14.9. The predicted octanol–water partition coefficient (Wildman–Crippen LogP) is 4.34. The van der Waals surface area contributed by atoms with Crippen molar-refractivity contribution < 1.29 is 32.4 Å². The Balaban J connectivity index is 1.72. The second kappa shape index (κ2) is 8.07. The number of rotatable bonds is 5. The van der Waals surface area contributed by atoms with Crippen LogP contribution in [0.3, 0.4) is 0 Å². The van der Waals surface area contributed by atoms with Gasteiger partial charge in [-0.05, 0) is 30.3 Å². The lowest BCUT2D eigenvalue weighted by Crippen LogP contribution is -2.17. The number of amides is 1. The second-order valence-electron chi connectivity index (χ2n) is 5.94. The number of hydrogen-bond acceptors (Lipinski definition) is 6. The number of alkyl halides is 3. The first kappa shape index (κ1) is 20.6. The topological polar surface area (TPSA) is 118 Å². The van der Waals surface area contributed by atoms with Gasteiger partial charge in [0.1, 0.15) is 17.3 Å². The van der Waals surface area contributed by atoms with Crippen molar-refractivity contribution in [1.82, 2.24) is 5.43 Å². The maximum absolute atomic E-state index is 12.8. The molecule has 1 amide bonds. The van der Waals surface area contributed by atoms with Gasteiger partial charge < -0.3 is 9.52 Å². The Morgan fingerprint density at radius 1 is 1.17 bits per heavy atom. The van der Waals surface area contributed by atoms with Crippen LogP contribution in [0, 0.1) is 10.1 Å². The monoisotopic (exact) mass is 419 g/mol. The summed E-state index contributed by atoms with van der Waals surface area (Å²) >= 11 is 0. The third-order valence-electron chi connectivity index (χ3n) is 3.89. The van der Waals surface area contributed by atoms with E-state index in [0.29, 0.717) is 0 Å². The first-order chi connectivity index (χ1) is 14.1. The molecular formula is C19H12F3N3O5. The second-order valence-corrected chi connectivity index (χ2v) is 5.94. The van der Waals surface area contributed by atoms with Gasteiger partial charge in [-0.1, -0.05) is 12.1 Å². The third kappa shape index (κ3) is 4.63. The van der Waals surface area contributed by atoms with E-state index in [1.807, 2.05) is 0 Å². The number of hydrogen-bond donors (Lipinski definition) is 2. The fraction of sp³-hybridized carbons (Fsp3) is 0.0526. The van der Waals surface area contributed by atoms with E-state index < -0.39 is 34.0 Å². The van der Waals surface area contributed by atoms with Crippen LogP contribution in [0.2, 0.25) is 0 Å². The van der Waals surface area contributed by atoms with Crippen LogP contribution in [0.1, 0.15) is 21.7 Å². The van der Waals surface area contributed by atoms with E-state index in [-0.39, 0.29) is 22.6 Å². The minimum absolute atomic E-state index is 0.131. The molecule has 0 atom stereocenters. The van der Waals surface area contributed by atoms with Crippen molar-refractivity contribution in [1.29, 1.82) is 0 Å². The van der Waals surface area contributed by atoms with Crippen molar-refractivity contribution in [3.63, 3.8) is 0 Å². The zero-order chi connectivity index (χ0) is 21.9. The molecule has 0 spiro atoms. The van der Waals surface area contributed by atoms with Crippen molar-refractivity contribution in [2.45, 2.75) is 6.18 Å². The predicted molar refractivity (Wildman–Crippen MR) is 99.0 cm³/mol. The van der Waals surface area contributed by atoms with Crippen LogP contribution in [0.4, 0.5) is 18.9 Å². The minimum atomic E-state index is -4.49. The van der Waals surface area contributed by atoms with Crippen LogP contribution in [-0.2, 0) is 6.18 Å². The summed E-state index contributed by atoms with van der Waals surface area (Å²) in [6.07, 6.45) is -3.40. The van der Waals surface area contributed by atoms with Gasteiger partial charge in [-0.2, -0.15) is 18.3 Å². The maximum atomic E-state index is 12.8. The molecule has 0 aliphatic carbocycles. The van der Waals surface area contributed by atoms with E-state index in [1.165, 1.54) is 24.3 Å². The number of nitrogens with zero attached hydrogens (tertiary/aromatic N) is 2. The summed E-state index contributed by atoms with van der Waals surface area (Å²) in [5.41, 5.74) is 0.706. The number of non-ortho nitro benzene ring substituents is 1. The van der Waals surface area contributed by atoms with Crippen LogP contribution in [0.25, 0.3) is 11.3 Å². The number of furan rings is 1. The molecule has 0 saturated carbocycles. The average molecular weight is 419 g/mol. The molecule has 3 aromatic rings. The minimum Gasteiger partial charge on any atom is -0.507 e. The smallest absolute Gasteiger partial charge is 0.416 e. The highest BCUT2D eigenvalue weighted by atomic mass is 19.4. The number of carbonyl (C=O) groups is 1. The first-order valence-electron chi connectivity index (χ1n) is 8.23. The summed E-state index contributed by atoms with van der Waals surface area (Å²) in [6, 6.07) is 10.4. The highest BCUT2D eigenvalue weighted by molar-refractivity contribution is 5.97. The molecule has 0 aliphatic heterocycles. The quantitative estimate of drug-likeness (QED) is 0.362. The maximum Gasteiger partial charge on any atom is 0.416 e. The normalized spacial score (nSPS) is 11.6. The molecule has 154 valence electrons. The van der Waals surface area contributed by atoms with Gasteiger partial charge in [-0.3, -0.25) is 14.9 Å². The standard InChI is InChI=1S/C19H12F3N3O5/c20-19(21,22)12-3-1-2-11(8-12)17-7-5-14(30-17)10-23-24-18(27)15-9-13(25(28)29)4-6-16(15)26/h1-10,26H,(H,24,27). The van der Waals surface area contributed by atoms with E-state index in [2.05, 4.69) is 10.5 Å². The van der Waals surface area contributed by atoms with E-state index in [4.69, 9.17) is 4.42 Å². The van der Waals surface area contributed by atoms with Gasteiger partial charge in [0.15, 0.2) is 0 Å². The molecule has 0 aliphatic rings. The molecule has 0 radical (unpaired) electrons. The average Bonchev–Trinajstić information content (AvgIpc) is 3.16. The molecule has 11 heteroatoms. The van der Waals surface area contributed by atoms with E-state index in [0.717, 1.165) is 36.5 Å². The molecule has 8 nitrogen and oxygen atoms in total. The number of nitrogens with one attached hydrogen (secondary N) is 1. The van der Waals surface area contributed by atoms with Gasteiger partial charge >= 0.3 is 6.18 Å². The van der Waals surface area contributed by atoms with Gasteiger partial charge in [-0.25, -0.2) is 5.43 Å². The Morgan fingerprint density at radius 3 is 2.63 bits per heavy atom. The number of hydrazone groups is 1. The molecule has 30 heavy (non-hydrogen) atoms. The van der Waals surface area contributed by atoms with Crippen molar-refractivity contribution in [3.8, 4) is 17.1 Å². The summed E-state index contributed by atoms with van der Waals surface area (Å²) in [6.45, 7) is 0. The summed E-state index contributed by atoms with van der Waals surface area (Å²) in [4.78, 5) is 22.1. The number of nitro groups is 1. The van der Waals surface area contributed by atoms with E-state index >= 15 is 0 Å². The van der Waals surface area contributed by atoms with Gasteiger partial charge in [0.05, 0.1) is 22.3 Å². The molecule has 0 fully saturated rings. The summed E-state index contributed by atoms with van der Waals surface area (Å²) in [7, 11) is 0. The number of aromatic hydroxyl groups is 1. The number of phenolic OH excluding ortho intramolecular Hbond substituents is 1. The number of nitro benzene ring substituents is 1. The van der Waals surface area contributed by atoms with Crippen LogP contribution in [0.15, 0.2) is 64.1 Å². The third-order valence-corrected chi connectivity index (χ3v) is 3.89. The molecule has 0 bridgehead atoms. The van der Waals surface area contributed by atoms with Crippen LogP contribution in [-0.4, -0.2) is 22.2 Å². The molecule has 0 saturated heterocycles. The Bertz CT molecular complexity index is 1140. The fourth-order valence-electron chi connectivity index (χ4n) is 2.46. The van der Waals surface area contributed by atoms with Crippen molar-refractivity contribution in [3.05, 3.63) is 81.6 Å². The zero-order valence-corrected chi connectivity index (χ0v) is 14.9. The summed E-state index contributed by atoms with van der Waals surface area (Å²) < 4.78 is 43.9. The van der Waals surface area contributed by atoms with Crippen molar-refractivity contribution in [2.75, 3.05) is 0 Å². The van der Waals surface area contributed by atoms with E-state index in [1.54, 1.807) is 0 Å². The lowest BCUT2D eigenvalue weighted by atomic mass is 10.1. The Labute approximate surface area is 166 Å². The number of phenols is 1. The van der Waals surface area contributed by atoms with Crippen LogP contribution < -0.4 is 5.43 Å². The Morgan fingerprint density at radius 2 is 1.93 bits per heavy atom. The van der Waals surface area contributed by atoms with Crippen LogP contribution >= 0.6 is 0 Å². The van der Waals surface area contributed by atoms with Crippen molar-refractivity contribution in [2.24, 2.45) is 5.10 Å². The highest BCUT2D eigenvalue weighted by Crippen LogP contribution is 2.32. The molecule has 2 aromatic carbocycles. The Hall–Kier alpha value is -4.15. The highest BCUT2D eigenvalue weighted by Gasteiger charge is 2.30. The largest absolute Gasteiger partial charge is 0.507 e. The molecule has 0 unspecified atom stereocenters. The van der Waals surface area contributed by atoms with Gasteiger partial charge in [-0.15, -0.1) is 0 Å². The van der Waals surface area contributed by atoms with Crippen LogP contribution in [0.5, 0.6) is 5.75 Å². The number of carbonyl (C=O) groups excluding carboxylic acids is 1. The lowest BCUT2D eigenvalue weighted by molar-refractivity contribution is -0.384. The molecule has 2 N–H and O–H groups in total. The SMILES string of the molecule is O=C(NN=Cc1ccc(-c2cccc(C(F)(F)F)c2)o1)c1cc([N+](=O)[O-])ccc1O. The summed E-state index contributed by atoms with van der Waals surface area (Å²) in [5, 5.41) is 24.1. The van der Waals surface area contributed by atoms with E-state index in [9.17, 15) is 33.2 Å². The molecule has 1 aromatic heterocycles. The van der Waals surface area contributed by atoms with Crippen molar-refractivity contribution >= 4 is 17.8 Å². The van der Waals surface area contributed by atoms with Gasteiger partial charge in [0.2, 0.25) is 0 Å². The Kier molecular flexibility index (Phi) is 5.54. The molecule has 3 rings (SSSR count). The lowest BCUT2D eigenvalue weighted by Gasteiger charge is -2.07.